The Balaban J connectivity index is 2.81. The zero-order chi connectivity index (χ0) is 11.0. The van der Waals surface area contributed by atoms with Gasteiger partial charge in [-0.05, 0) is 55.6 Å². The molecule has 0 N–H and O–H groups in total. The van der Waals surface area contributed by atoms with Gasteiger partial charge in [0.1, 0.15) is 9.21 Å². The number of hydrogen-bond acceptors (Lipinski definition) is 3. The summed E-state index contributed by atoms with van der Waals surface area (Å²) in [4.78, 5) is 11.0. The molecule has 0 saturated heterocycles. The summed E-state index contributed by atoms with van der Waals surface area (Å²) in [6.45, 7) is 0. The largest absolute Gasteiger partial charge is 0.276 e. The summed E-state index contributed by atoms with van der Waals surface area (Å²) in [6.07, 6.45) is 0. The van der Waals surface area contributed by atoms with E-state index in [0.717, 1.165) is 10.8 Å². The maximum atomic E-state index is 11.0. The lowest BCUT2D eigenvalue weighted by atomic mass is 10.1. The van der Waals surface area contributed by atoms with Gasteiger partial charge in [-0.3, -0.25) is 4.79 Å². The van der Waals surface area contributed by atoms with Crippen LogP contribution in [-0.4, -0.2) is 15.4 Å². The van der Waals surface area contributed by atoms with Crippen molar-refractivity contribution in [1.82, 2.24) is 10.2 Å². The van der Waals surface area contributed by atoms with E-state index in [0.29, 0.717) is 14.8 Å². The monoisotopic (exact) mass is 348 g/mol. The van der Waals surface area contributed by atoms with Crippen molar-refractivity contribution in [2.75, 3.05) is 0 Å². The minimum absolute atomic E-state index is 0.435. The van der Waals surface area contributed by atoms with Crippen molar-refractivity contribution in [3.63, 3.8) is 0 Å². The molecule has 0 spiro atoms. The van der Waals surface area contributed by atoms with Crippen molar-refractivity contribution in [2.45, 2.75) is 0 Å². The zero-order valence-corrected chi connectivity index (χ0v) is 11.1. The smallest absolute Gasteiger partial charge is 0.252 e. The summed E-state index contributed by atoms with van der Waals surface area (Å²) in [6, 6.07) is 5.10. The van der Waals surface area contributed by atoms with Crippen molar-refractivity contribution in [2.24, 2.45) is 0 Å². The van der Waals surface area contributed by atoms with Gasteiger partial charge in [-0.25, -0.2) is 0 Å². The number of aromatic nitrogens is 2. The summed E-state index contributed by atoms with van der Waals surface area (Å²) < 4.78 is 1.22. The van der Waals surface area contributed by atoms with Crippen LogP contribution in [0.15, 0.2) is 27.4 Å². The minimum Gasteiger partial charge on any atom is -0.276 e. The van der Waals surface area contributed by atoms with Crippen LogP contribution in [0.25, 0.3) is 10.8 Å². The molecule has 1 aromatic heterocycles. The number of fused-ring (bicyclic) bond motifs is 1. The second kappa shape index (κ2) is 4.15. The predicted molar refractivity (Wildman–Crippen MR) is 65.1 cm³/mol. The number of carbonyl (C=O) groups is 1. The predicted octanol–water partition coefficient (Wildman–Crippen LogP) is 3.53. The van der Waals surface area contributed by atoms with Crippen LogP contribution in [0.1, 0.15) is 10.4 Å². The highest BCUT2D eigenvalue weighted by atomic mass is 79.9. The van der Waals surface area contributed by atoms with Crippen molar-refractivity contribution >= 4 is 59.5 Å². The molecule has 0 aliphatic rings. The van der Waals surface area contributed by atoms with Gasteiger partial charge in [0.15, 0.2) is 0 Å². The number of carbonyl (C=O) groups excluding carboxylic acids is 1. The van der Waals surface area contributed by atoms with Gasteiger partial charge in [0.25, 0.3) is 5.24 Å². The van der Waals surface area contributed by atoms with E-state index in [-0.39, 0.29) is 0 Å². The standard InChI is InChI=1S/C9H3Br2ClN2O/c10-7-5-2-1-4(9(12)15)3-6(5)8(11)14-13-7/h1-3H. The first-order chi connectivity index (χ1) is 7.09. The zero-order valence-electron chi connectivity index (χ0n) is 7.17. The Labute approximate surface area is 107 Å². The normalized spacial score (nSPS) is 10.6. The van der Waals surface area contributed by atoms with Crippen LogP contribution in [0.3, 0.4) is 0 Å². The average molecular weight is 350 g/mol. The minimum atomic E-state index is -0.489. The molecule has 1 aromatic carbocycles. The highest BCUT2D eigenvalue weighted by molar-refractivity contribution is 9.11. The Bertz CT molecular complexity index is 559. The van der Waals surface area contributed by atoms with E-state index < -0.39 is 5.24 Å². The van der Waals surface area contributed by atoms with Gasteiger partial charge in [0.05, 0.1) is 0 Å². The van der Waals surface area contributed by atoms with Crippen LogP contribution < -0.4 is 0 Å². The van der Waals surface area contributed by atoms with Crippen LogP contribution in [-0.2, 0) is 0 Å². The number of halogens is 3. The third kappa shape index (κ3) is 2.04. The molecule has 0 atom stereocenters. The number of rotatable bonds is 1. The molecule has 0 fully saturated rings. The van der Waals surface area contributed by atoms with Crippen LogP contribution in [0.4, 0.5) is 0 Å². The van der Waals surface area contributed by atoms with Crippen LogP contribution in [0.5, 0.6) is 0 Å². The van der Waals surface area contributed by atoms with Gasteiger partial charge < -0.3 is 0 Å². The summed E-state index contributed by atoms with van der Waals surface area (Å²) in [5, 5.41) is 8.94. The second-order valence-corrected chi connectivity index (χ2v) is 4.66. The highest BCUT2D eigenvalue weighted by Gasteiger charge is 2.08. The van der Waals surface area contributed by atoms with Gasteiger partial charge in [-0.1, -0.05) is 6.07 Å². The lowest BCUT2D eigenvalue weighted by Crippen LogP contribution is -1.92. The van der Waals surface area contributed by atoms with E-state index >= 15 is 0 Å². The van der Waals surface area contributed by atoms with Crippen LogP contribution >= 0.6 is 43.5 Å². The molecule has 0 bridgehead atoms. The topological polar surface area (TPSA) is 42.9 Å². The molecule has 0 aliphatic heterocycles. The van der Waals surface area contributed by atoms with Gasteiger partial charge >= 0.3 is 0 Å². The van der Waals surface area contributed by atoms with E-state index in [9.17, 15) is 4.79 Å². The molecular formula is C9H3Br2ClN2O. The molecule has 0 aliphatic carbocycles. The molecule has 3 nitrogen and oxygen atoms in total. The SMILES string of the molecule is O=C(Cl)c1ccc2c(Br)nnc(Br)c2c1. The van der Waals surface area contributed by atoms with Crippen molar-refractivity contribution < 1.29 is 4.79 Å². The van der Waals surface area contributed by atoms with Crippen molar-refractivity contribution in [1.29, 1.82) is 0 Å². The maximum absolute atomic E-state index is 11.0. The second-order valence-electron chi connectivity index (χ2n) is 2.82. The molecule has 76 valence electrons. The Hall–Kier alpha value is -0.520. The summed E-state index contributed by atoms with van der Waals surface area (Å²) >= 11 is 11.9. The molecule has 2 rings (SSSR count). The fourth-order valence-electron chi connectivity index (χ4n) is 1.21. The summed E-state index contributed by atoms with van der Waals surface area (Å²) in [5.41, 5.74) is 0.435. The van der Waals surface area contributed by atoms with Gasteiger partial charge in [0, 0.05) is 16.3 Å². The Morgan fingerprint density at radius 3 is 2.33 bits per heavy atom. The Kier molecular flexibility index (Phi) is 3.04. The molecule has 0 unspecified atom stereocenters. The van der Waals surface area contributed by atoms with E-state index in [1.54, 1.807) is 18.2 Å². The Morgan fingerprint density at radius 2 is 1.73 bits per heavy atom. The van der Waals surface area contributed by atoms with Crippen LogP contribution in [0, 0.1) is 0 Å². The van der Waals surface area contributed by atoms with E-state index in [1.807, 2.05) is 0 Å². The molecule has 1 heterocycles. The first-order valence-electron chi connectivity index (χ1n) is 3.91. The van der Waals surface area contributed by atoms with Gasteiger partial charge in [-0.2, -0.15) is 0 Å². The fourth-order valence-corrected chi connectivity index (χ4v) is 2.16. The third-order valence-electron chi connectivity index (χ3n) is 1.92. The lowest BCUT2D eigenvalue weighted by Gasteiger charge is -2.02. The first kappa shape index (κ1) is 11.0. The maximum Gasteiger partial charge on any atom is 0.252 e. The highest BCUT2D eigenvalue weighted by Crippen LogP contribution is 2.27. The first-order valence-corrected chi connectivity index (χ1v) is 5.87. The van der Waals surface area contributed by atoms with Gasteiger partial charge in [-0.15, -0.1) is 10.2 Å². The summed E-state index contributed by atoms with van der Waals surface area (Å²) in [5.74, 6) is 0. The van der Waals surface area contributed by atoms with Gasteiger partial charge in [0.2, 0.25) is 0 Å². The number of nitrogens with zero attached hydrogens (tertiary/aromatic N) is 2. The number of benzene rings is 1. The molecule has 0 saturated carbocycles. The summed E-state index contributed by atoms with van der Waals surface area (Å²) in [7, 11) is 0. The van der Waals surface area contributed by atoms with Crippen molar-refractivity contribution in [3.8, 4) is 0 Å². The molecule has 15 heavy (non-hydrogen) atoms. The Morgan fingerprint density at radius 1 is 1.13 bits per heavy atom. The molecule has 6 heteroatoms. The van der Waals surface area contributed by atoms with E-state index in [4.69, 9.17) is 11.6 Å². The molecule has 0 amide bonds. The van der Waals surface area contributed by atoms with E-state index in [2.05, 4.69) is 42.1 Å². The molecule has 2 aromatic rings. The van der Waals surface area contributed by atoms with Crippen LogP contribution in [0.2, 0.25) is 0 Å². The fraction of sp³-hybridized carbons (Fsp3) is 0. The third-order valence-corrected chi connectivity index (χ3v) is 3.31. The molecule has 0 radical (unpaired) electrons. The van der Waals surface area contributed by atoms with E-state index in [1.165, 1.54) is 0 Å². The lowest BCUT2D eigenvalue weighted by molar-refractivity contribution is 0.108. The number of hydrogen-bond donors (Lipinski definition) is 0. The molecular weight excluding hydrogens is 347 g/mol. The van der Waals surface area contributed by atoms with Crippen molar-refractivity contribution in [3.05, 3.63) is 33.0 Å². The average Bonchev–Trinajstić information content (AvgIpc) is 2.23. The quantitative estimate of drug-likeness (QED) is 0.739.